The van der Waals surface area contributed by atoms with E-state index in [1.165, 1.54) is 6.21 Å². The molecule has 2 aromatic rings. The maximum Gasteiger partial charge on any atom is 0.183 e. The lowest BCUT2D eigenvalue weighted by molar-refractivity contribution is -0.268. The highest BCUT2D eigenvalue weighted by atomic mass is 16.7. The van der Waals surface area contributed by atoms with Crippen LogP contribution >= 0.6 is 0 Å². The zero-order chi connectivity index (χ0) is 18.4. The fraction of sp³-hybridized carbons (Fsp3) is 0.368. The van der Waals surface area contributed by atoms with Crippen LogP contribution in [0.1, 0.15) is 11.3 Å². The molecule has 1 aliphatic heterocycles. The molecule has 1 aromatic carbocycles. The number of hydrogen-bond acceptors (Lipinski definition) is 7. The molecule has 0 radical (unpaired) electrons. The van der Waals surface area contributed by atoms with Gasteiger partial charge in [-0.05, 0) is 17.7 Å². The van der Waals surface area contributed by atoms with Crippen molar-refractivity contribution in [3.05, 3.63) is 66.0 Å². The molecule has 0 bridgehead atoms. The molecule has 138 valence electrons. The molecule has 1 aromatic heterocycles. The van der Waals surface area contributed by atoms with E-state index in [1.807, 2.05) is 36.4 Å². The van der Waals surface area contributed by atoms with E-state index in [4.69, 9.17) is 9.47 Å². The zero-order valence-corrected chi connectivity index (χ0v) is 14.1. The van der Waals surface area contributed by atoms with Crippen molar-refractivity contribution < 1.29 is 24.8 Å². The molecule has 1 aliphatic rings. The molecule has 5 atom stereocenters. The maximum atomic E-state index is 10.4. The molecule has 2 heterocycles. The van der Waals surface area contributed by atoms with Gasteiger partial charge in [-0.15, -0.1) is 0 Å². The summed E-state index contributed by atoms with van der Waals surface area (Å²) in [5, 5.41) is 29.9. The minimum absolute atomic E-state index is 0.252. The Morgan fingerprint density at radius 1 is 1.08 bits per heavy atom. The minimum Gasteiger partial charge on any atom is -0.394 e. The topological polar surface area (TPSA) is 104 Å². The molecule has 0 amide bonds. The lowest BCUT2D eigenvalue weighted by Gasteiger charge is -2.40. The average molecular weight is 358 g/mol. The van der Waals surface area contributed by atoms with Gasteiger partial charge in [0.15, 0.2) is 6.29 Å². The molecule has 7 heteroatoms. The summed E-state index contributed by atoms with van der Waals surface area (Å²) in [4.78, 5) is 8.46. The lowest BCUT2D eigenvalue weighted by Crippen LogP contribution is -2.58. The SMILES string of the molecule is OC[C@H]1O[C@H](OCc2ccccc2)[C@H](N=Cc2ccccn2)[C@@H](O)[C@@H]1O. The fourth-order valence-corrected chi connectivity index (χ4v) is 2.73. The summed E-state index contributed by atoms with van der Waals surface area (Å²) in [7, 11) is 0. The van der Waals surface area contributed by atoms with E-state index < -0.39 is 37.3 Å². The van der Waals surface area contributed by atoms with Crippen molar-refractivity contribution in [2.45, 2.75) is 37.3 Å². The Labute approximate surface area is 151 Å². The third-order valence-corrected chi connectivity index (χ3v) is 4.17. The normalized spacial score (nSPS) is 29.1. The summed E-state index contributed by atoms with van der Waals surface area (Å²) < 4.78 is 11.4. The van der Waals surface area contributed by atoms with Crippen molar-refractivity contribution in [3.8, 4) is 0 Å². The van der Waals surface area contributed by atoms with Gasteiger partial charge in [0, 0.05) is 12.4 Å². The predicted octanol–water partition coefficient (Wildman–Crippen LogP) is 0.525. The van der Waals surface area contributed by atoms with Gasteiger partial charge < -0.3 is 24.8 Å². The smallest absolute Gasteiger partial charge is 0.183 e. The Kier molecular flexibility index (Phi) is 6.43. The zero-order valence-electron chi connectivity index (χ0n) is 14.1. The number of hydrogen-bond donors (Lipinski definition) is 3. The summed E-state index contributed by atoms with van der Waals surface area (Å²) >= 11 is 0. The number of ether oxygens (including phenoxy) is 2. The van der Waals surface area contributed by atoms with E-state index in [9.17, 15) is 15.3 Å². The predicted molar refractivity (Wildman–Crippen MR) is 94.6 cm³/mol. The van der Waals surface area contributed by atoms with Gasteiger partial charge in [0.25, 0.3) is 0 Å². The van der Waals surface area contributed by atoms with Crippen molar-refractivity contribution in [3.63, 3.8) is 0 Å². The molecule has 3 N–H and O–H groups in total. The van der Waals surface area contributed by atoms with Gasteiger partial charge in [0.2, 0.25) is 0 Å². The number of rotatable bonds is 6. The van der Waals surface area contributed by atoms with E-state index >= 15 is 0 Å². The fourth-order valence-electron chi connectivity index (χ4n) is 2.73. The van der Waals surface area contributed by atoms with E-state index in [0.717, 1.165) is 5.56 Å². The summed E-state index contributed by atoms with van der Waals surface area (Å²) in [5.41, 5.74) is 1.55. The largest absolute Gasteiger partial charge is 0.394 e. The Balaban J connectivity index is 1.75. The van der Waals surface area contributed by atoms with Crippen LogP contribution in [0.15, 0.2) is 59.7 Å². The number of pyridine rings is 1. The van der Waals surface area contributed by atoms with Crippen molar-refractivity contribution in [2.75, 3.05) is 6.61 Å². The summed E-state index contributed by atoms with van der Waals surface area (Å²) in [6.07, 6.45) is -1.21. The van der Waals surface area contributed by atoms with Crippen molar-refractivity contribution >= 4 is 6.21 Å². The second-order valence-electron chi connectivity index (χ2n) is 6.03. The first-order chi connectivity index (χ1) is 12.7. The van der Waals surface area contributed by atoms with Gasteiger partial charge in [-0.3, -0.25) is 9.98 Å². The van der Waals surface area contributed by atoms with Crippen molar-refractivity contribution in [1.82, 2.24) is 4.98 Å². The van der Waals surface area contributed by atoms with E-state index in [1.54, 1.807) is 18.3 Å². The van der Waals surface area contributed by atoms with Crippen LogP contribution in [-0.4, -0.2) is 63.8 Å². The number of aliphatic imine (C=N–C) groups is 1. The molecule has 1 fully saturated rings. The van der Waals surface area contributed by atoms with Gasteiger partial charge in [0.1, 0.15) is 24.4 Å². The van der Waals surface area contributed by atoms with Gasteiger partial charge in [-0.25, -0.2) is 0 Å². The molecular weight excluding hydrogens is 336 g/mol. The summed E-state index contributed by atoms with van der Waals surface area (Å²) in [5.74, 6) is 0. The standard InChI is InChI=1S/C19H22N2O5/c22-11-15-17(23)18(24)16(21-10-14-8-4-5-9-20-14)19(26-15)25-12-13-6-2-1-3-7-13/h1-10,15-19,22-24H,11-12H2/t15-,16-,17-,18-,19+/m1/s1. The van der Waals surface area contributed by atoms with E-state index in [0.29, 0.717) is 5.69 Å². The van der Waals surface area contributed by atoms with Crippen LogP contribution in [0.5, 0.6) is 0 Å². The minimum atomic E-state index is -1.26. The number of benzene rings is 1. The molecule has 0 unspecified atom stereocenters. The monoisotopic (exact) mass is 358 g/mol. The Bertz CT molecular complexity index is 698. The Morgan fingerprint density at radius 3 is 2.54 bits per heavy atom. The molecule has 7 nitrogen and oxygen atoms in total. The van der Waals surface area contributed by atoms with Gasteiger partial charge >= 0.3 is 0 Å². The second-order valence-corrected chi connectivity index (χ2v) is 6.03. The van der Waals surface area contributed by atoms with E-state index in [2.05, 4.69) is 9.98 Å². The number of nitrogens with zero attached hydrogens (tertiary/aromatic N) is 2. The summed E-state index contributed by atoms with van der Waals surface area (Å²) in [6.45, 7) is -0.178. The first-order valence-corrected chi connectivity index (χ1v) is 8.41. The van der Waals surface area contributed by atoms with Crippen LogP contribution in [0.3, 0.4) is 0 Å². The Morgan fingerprint density at radius 2 is 1.85 bits per heavy atom. The second kappa shape index (κ2) is 8.98. The number of aliphatic hydroxyl groups excluding tert-OH is 3. The van der Waals surface area contributed by atoms with Crippen LogP contribution in [0.4, 0.5) is 0 Å². The molecule has 0 spiro atoms. The number of aliphatic hydroxyl groups is 3. The van der Waals surface area contributed by atoms with Crippen molar-refractivity contribution in [2.24, 2.45) is 4.99 Å². The van der Waals surface area contributed by atoms with Crippen LogP contribution in [-0.2, 0) is 16.1 Å². The molecular formula is C19H22N2O5. The van der Waals surface area contributed by atoms with Crippen molar-refractivity contribution in [1.29, 1.82) is 0 Å². The maximum absolute atomic E-state index is 10.4. The van der Waals surface area contributed by atoms with Gasteiger partial charge in [0.05, 0.1) is 18.9 Å². The van der Waals surface area contributed by atoms with Crippen LogP contribution in [0.2, 0.25) is 0 Å². The highest BCUT2D eigenvalue weighted by Gasteiger charge is 2.44. The van der Waals surface area contributed by atoms with Gasteiger partial charge in [-0.1, -0.05) is 36.4 Å². The molecule has 0 aliphatic carbocycles. The molecule has 3 rings (SSSR count). The highest BCUT2D eigenvalue weighted by Crippen LogP contribution is 2.25. The molecule has 26 heavy (non-hydrogen) atoms. The highest BCUT2D eigenvalue weighted by molar-refractivity contribution is 5.76. The molecule has 0 saturated carbocycles. The third kappa shape index (κ3) is 4.51. The lowest BCUT2D eigenvalue weighted by atomic mass is 9.97. The first kappa shape index (κ1) is 18.6. The Hall–Kier alpha value is -2.16. The van der Waals surface area contributed by atoms with Crippen LogP contribution < -0.4 is 0 Å². The third-order valence-electron chi connectivity index (χ3n) is 4.17. The quantitative estimate of drug-likeness (QED) is 0.651. The van der Waals surface area contributed by atoms with Gasteiger partial charge in [-0.2, -0.15) is 0 Å². The van der Waals surface area contributed by atoms with Crippen LogP contribution in [0.25, 0.3) is 0 Å². The number of aromatic nitrogens is 1. The van der Waals surface area contributed by atoms with E-state index in [-0.39, 0.29) is 6.61 Å². The van der Waals surface area contributed by atoms with Crippen LogP contribution in [0, 0.1) is 0 Å². The average Bonchev–Trinajstić information content (AvgIpc) is 2.69. The first-order valence-electron chi connectivity index (χ1n) is 8.41. The molecule has 1 saturated heterocycles. The summed E-state index contributed by atoms with van der Waals surface area (Å²) in [6, 6.07) is 14.0.